The second-order valence-electron chi connectivity index (χ2n) is 5.60. The molecular formula is C15H26O4. The molecule has 0 atom stereocenters. The third-order valence-electron chi connectivity index (χ3n) is 4.23. The van der Waals surface area contributed by atoms with Gasteiger partial charge in [0.2, 0.25) is 0 Å². The van der Waals surface area contributed by atoms with Crippen molar-refractivity contribution in [2.75, 3.05) is 13.2 Å². The molecule has 0 aromatic heterocycles. The zero-order valence-electron chi connectivity index (χ0n) is 12.5. The highest BCUT2D eigenvalue weighted by Gasteiger charge is 2.51. The number of hydrogen-bond donors (Lipinski definition) is 0. The zero-order valence-corrected chi connectivity index (χ0v) is 12.5. The molecule has 1 rings (SSSR count). The minimum atomic E-state index is -1.15. The van der Waals surface area contributed by atoms with Crippen LogP contribution in [0.25, 0.3) is 0 Å². The fraction of sp³-hybridized carbons (Fsp3) is 0.867. The summed E-state index contributed by atoms with van der Waals surface area (Å²) >= 11 is 0. The lowest BCUT2D eigenvalue weighted by atomic mass is 9.68. The van der Waals surface area contributed by atoms with Crippen LogP contribution in [0.5, 0.6) is 0 Å². The minimum absolute atomic E-state index is 0.0294. The first kappa shape index (κ1) is 16.0. The standard InChI is InChI=1S/C15H26O4/c1-5-18-13(16)15(4,14(17)19-6-2)12-9-7-11(3)8-10-12/h11-12H,5-10H2,1-4H3. The van der Waals surface area contributed by atoms with E-state index in [2.05, 4.69) is 6.92 Å². The zero-order chi connectivity index (χ0) is 14.5. The van der Waals surface area contributed by atoms with Gasteiger partial charge in [-0.05, 0) is 45.4 Å². The summed E-state index contributed by atoms with van der Waals surface area (Å²) in [5, 5.41) is 0. The van der Waals surface area contributed by atoms with Crippen LogP contribution in [0, 0.1) is 17.3 Å². The van der Waals surface area contributed by atoms with Crippen LogP contribution in [0.1, 0.15) is 53.4 Å². The second kappa shape index (κ2) is 6.92. The van der Waals surface area contributed by atoms with Gasteiger partial charge in [-0.1, -0.05) is 19.8 Å². The van der Waals surface area contributed by atoms with Crippen LogP contribution >= 0.6 is 0 Å². The minimum Gasteiger partial charge on any atom is -0.465 e. The van der Waals surface area contributed by atoms with Crippen molar-refractivity contribution in [3.63, 3.8) is 0 Å². The Bertz CT molecular complexity index is 298. The molecule has 19 heavy (non-hydrogen) atoms. The number of rotatable bonds is 5. The van der Waals surface area contributed by atoms with Crippen molar-refractivity contribution >= 4 is 11.9 Å². The maximum atomic E-state index is 12.2. The lowest BCUT2D eigenvalue weighted by Gasteiger charge is -2.37. The Labute approximate surface area is 115 Å². The molecule has 0 bridgehead atoms. The molecule has 0 radical (unpaired) electrons. The fourth-order valence-electron chi connectivity index (χ4n) is 2.82. The largest absolute Gasteiger partial charge is 0.465 e. The third-order valence-corrected chi connectivity index (χ3v) is 4.23. The number of ether oxygens (including phenoxy) is 2. The van der Waals surface area contributed by atoms with E-state index < -0.39 is 17.4 Å². The smallest absolute Gasteiger partial charge is 0.323 e. The van der Waals surface area contributed by atoms with Gasteiger partial charge in [-0.25, -0.2) is 0 Å². The highest BCUT2D eigenvalue weighted by molar-refractivity contribution is 6.00. The van der Waals surface area contributed by atoms with Crippen LogP contribution in [0.4, 0.5) is 0 Å². The highest BCUT2D eigenvalue weighted by atomic mass is 16.6. The molecule has 1 aliphatic carbocycles. The van der Waals surface area contributed by atoms with Gasteiger partial charge < -0.3 is 9.47 Å². The molecule has 4 nitrogen and oxygen atoms in total. The molecular weight excluding hydrogens is 244 g/mol. The van der Waals surface area contributed by atoms with E-state index in [0.717, 1.165) is 25.7 Å². The molecule has 1 fully saturated rings. The monoisotopic (exact) mass is 270 g/mol. The molecule has 0 aliphatic heterocycles. The first-order valence-corrected chi connectivity index (χ1v) is 7.31. The van der Waals surface area contributed by atoms with E-state index in [9.17, 15) is 9.59 Å². The number of carbonyl (C=O) groups is 2. The first-order chi connectivity index (χ1) is 8.96. The first-order valence-electron chi connectivity index (χ1n) is 7.31. The maximum absolute atomic E-state index is 12.2. The van der Waals surface area contributed by atoms with Crippen molar-refractivity contribution in [3.05, 3.63) is 0 Å². The van der Waals surface area contributed by atoms with Crippen molar-refractivity contribution in [3.8, 4) is 0 Å². The Morgan fingerprint density at radius 2 is 1.42 bits per heavy atom. The summed E-state index contributed by atoms with van der Waals surface area (Å²) in [4.78, 5) is 24.5. The number of carbonyl (C=O) groups excluding carboxylic acids is 2. The molecule has 1 saturated carbocycles. The van der Waals surface area contributed by atoms with Crippen molar-refractivity contribution in [1.29, 1.82) is 0 Å². The molecule has 0 amide bonds. The molecule has 1 aliphatic rings. The summed E-state index contributed by atoms with van der Waals surface area (Å²) in [5.74, 6) is -0.173. The van der Waals surface area contributed by atoms with Crippen LogP contribution in [0.2, 0.25) is 0 Å². The summed E-state index contributed by atoms with van der Waals surface area (Å²) < 4.78 is 10.2. The van der Waals surface area contributed by atoms with Crippen LogP contribution in [0.3, 0.4) is 0 Å². The highest BCUT2D eigenvalue weighted by Crippen LogP contribution is 2.42. The molecule has 0 aromatic carbocycles. The third kappa shape index (κ3) is 3.48. The predicted molar refractivity (Wildman–Crippen MR) is 72.5 cm³/mol. The molecule has 0 saturated heterocycles. The lowest BCUT2D eigenvalue weighted by molar-refractivity contribution is -0.176. The van der Waals surface area contributed by atoms with Crippen LogP contribution in [-0.4, -0.2) is 25.2 Å². The topological polar surface area (TPSA) is 52.6 Å². The lowest BCUT2D eigenvalue weighted by Crippen LogP contribution is -2.46. The Morgan fingerprint density at radius 1 is 1.00 bits per heavy atom. The van der Waals surface area contributed by atoms with E-state index in [1.807, 2.05) is 0 Å². The van der Waals surface area contributed by atoms with Crippen molar-refractivity contribution in [2.24, 2.45) is 17.3 Å². The van der Waals surface area contributed by atoms with E-state index in [1.165, 1.54) is 0 Å². The van der Waals surface area contributed by atoms with Gasteiger partial charge in [0, 0.05) is 0 Å². The maximum Gasteiger partial charge on any atom is 0.323 e. The average Bonchev–Trinajstić information content (AvgIpc) is 2.39. The number of hydrogen-bond acceptors (Lipinski definition) is 4. The van der Waals surface area contributed by atoms with Gasteiger partial charge in [-0.2, -0.15) is 0 Å². The molecule has 4 heteroatoms. The Kier molecular flexibility index (Phi) is 5.83. The Balaban J connectivity index is 2.90. The average molecular weight is 270 g/mol. The summed E-state index contributed by atoms with van der Waals surface area (Å²) in [6.07, 6.45) is 3.88. The van der Waals surface area contributed by atoms with Crippen LogP contribution in [0.15, 0.2) is 0 Å². The van der Waals surface area contributed by atoms with Crippen molar-refractivity contribution in [1.82, 2.24) is 0 Å². The van der Waals surface area contributed by atoms with Gasteiger partial charge in [0.1, 0.15) is 0 Å². The molecule has 0 unspecified atom stereocenters. The molecule has 110 valence electrons. The van der Waals surface area contributed by atoms with Crippen LogP contribution in [-0.2, 0) is 19.1 Å². The summed E-state index contributed by atoms with van der Waals surface area (Å²) in [6.45, 7) is 7.98. The summed E-state index contributed by atoms with van der Waals surface area (Å²) in [5.41, 5.74) is -1.15. The Hall–Kier alpha value is -1.06. The van der Waals surface area contributed by atoms with Crippen LogP contribution < -0.4 is 0 Å². The van der Waals surface area contributed by atoms with Gasteiger partial charge in [0.05, 0.1) is 13.2 Å². The fourth-order valence-corrected chi connectivity index (χ4v) is 2.82. The van der Waals surface area contributed by atoms with Crippen molar-refractivity contribution < 1.29 is 19.1 Å². The molecule has 0 spiro atoms. The molecule has 0 N–H and O–H groups in total. The van der Waals surface area contributed by atoms with E-state index in [4.69, 9.17) is 9.47 Å². The Morgan fingerprint density at radius 3 is 1.79 bits per heavy atom. The van der Waals surface area contributed by atoms with Gasteiger partial charge in [-0.3, -0.25) is 9.59 Å². The van der Waals surface area contributed by atoms with Crippen molar-refractivity contribution in [2.45, 2.75) is 53.4 Å². The predicted octanol–water partition coefficient (Wildman–Crippen LogP) is 2.95. The SMILES string of the molecule is CCOC(=O)C(C)(C(=O)OCC)C1CCC(C)CC1. The van der Waals surface area contributed by atoms with E-state index in [0.29, 0.717) is 5.92 Å². The van der Waals surface area contributed by atoms with E-state index in [-0.39, 0.29) is 19.1 Å². The van der Waals surface area contributed by atoms with Gasteiger partial charge in [0.15, 0.2) is 5.41 Å². The second-order valence-corrected chi connectivity index (χ2v) is 5.60. The molecule has 0 aromatic rings. The van der Waals surface area contributed by atoms with Gasteiger partial charge in [-0.15, -0.1) is 0 Å². The summed E-state index contributed by atoms with van der Waals surface area (Å²) in [7, 11) is 0. The quantitative estimate of drug-likeness (QED) is 0.569. The van der Waals surface area contributed by atoms with E-state index >= 15 is 0 Å². The van der Waals surface area contributed by atoms with E-state index in [1.54, 1.807) is 20.8 Å². The molecule has 0 heterocycles. The van der Waals surface area contributed by atoms with Gasteiger partial charge in [0.25, 0.3) is 0 Å². The summed E-state index contributed by atoms with van der Waals surface area (Å²) in [6, 6.07) is 0. The van der Waals surface area contributed by atoms with Gasteiger partial charge >= 0.3 is 11.9 Å². The number of esters is 2. The normalized spacial score (nSPS) is 23.8.